The van der Waals surface area contributed by atoms with Gasteiger partial charge >= 0.3 is 0 Å². The van der Waals surface area contributed by atoms with Crippen molar-refractivity contribution in [1.29, 1.82) is 0 Å². The van der Waals surface area contributed by atoms with E-state index < -0.39 is 0 Å². The van der Waals surface area contributed by atoms with Crippen molar-refractivity contribution in [2.75, 3.05) is 6.54 Å². The molecule has 0 radical (unpaired) electrons. The van der Waals surface area contributed by atoms with Gasteiger partial charge in [-0.2, -0.15) is 5.10 Å². The molecule has 0 amide bonds. The first-order valence-corrected chi connectivity index (χ1v) is 7.61. The summed E-state index contributed by atoms with van der Waals surface area (Å²) in [4.78, 5) is 0. The van der Waals surface area contributed by atoms with E-state index in [4.69, 9.17) is 0 Å². The smallest absolute Gasteiger partial charge is 0.0928 e. The molecule has 0 saturated carbocycles. The zero-order valence-corrected chi connectivity index (χ0v) is 12.6. The minimum absolute atomic E-state index is 0.222. The van der Waals surface area contributed by atoms with Crippen LogP contribution in [-0.4, -0.2) is 25.9 Å². The predicted octanol–water partition coefficient (Wildman–Crippen LogP) is 2.35. The summed E-state index contributed by atoms with van der Waals surface area (Å²) in [6.45, 7) is 8.22. The molecule has 0 saturated heterocycles. The predicted molar refractivity (Wildman–Crippen MR) is 77.3 cm³/mol. The third-order valence-corrected chi connectivity index (χ3v) is 3.60. The highest BCUT2D eigenvalue weighted by molar-refractivity contribution is 7.03. The van der Waals surface area contributed by atoms with Crippen molar-refractivity contribution in [2.24, 2.45) is 0 Å². The molecule has 6 heteroatoms. The van der Waals surface area contributed by atoms with Gasteiger partial charge < -0.3 is 5.32 Å². The third kappa shape index (κ3) is 3.61. The van der Waals surface area contributed by atoms with E-state index in [0.717, 1.165) is 37.3 Å². The molecule has 19 heavy (non-hydrogen) atoms. The van der Waals surface area contributed by atoms with Crippen molar-refractivity contribution in [3.8, 4) is 0 Å². The minimum atomic E-state index is 0.222. The summed E-state index contributed by atoms with van der Waals surface area (Å²) >= 11 is 1.40. The number of hydrogen-bond donors (Lipinski definition) is 1. The maximum atomic E-state index is 4.50. The Morgan fingerprint density at radius 1 is 1.42 bits per heavy atom. The van der Waals surface area contributed by atoms with E-state index in [1.165, 1.54) is 17.2 Å². The van der Waals surface area contributed by atoms with Crippen molar-refractivity contribution in [1.82, 2.24) is 24.7 Å². The van der Waals surface area contributed by atoms with Gasteiger partial charge in [0.15, 0.2) is 0 Å². The van der Waals surface area contributed by atoms with Crippen molar-refractivity contribution in [3.63, 3.8) is 0 Å². The highest BCUT2D eigenvalue weighted by Gasteiger charge is 2.17. The van der Waals surface area contributed by atoms with E-state index in [-0.39, 0.29) is 6.04 Å². The zero-order valence-electron chi connectivity index (χ0n) is 11.8. The van der Waals surface area contributed by atoms with Crippen molar-refractivity contribution in [2.45, 2.75) is 46.2 Å². The first kappa shape index (κ1) is 14.1. The lowest BCUT2D eigenvalue weighted by atomic mass is 10.1. The second kappa shape index (κ2) is 6.77. The van der Waals surface area contributed by atoms with Gasteiger partial charge in [-0.3, -0.25) is 4.68 Å². The molecule has 0 bridgehead atoms. The Morgan fingerprint density at radius 3 is 2.89 bits per heavy atom. The molecule has 0 aliphatic carbocycles. The molecule has 0 spiro atoms. The first-order chi connectivity index (χ1) is 9.24. The number of aromatic nitrogens is 4. The monoisotopic (exact) mass is 279 g/mol. The van der Waals surface area contributed by atoms with Crippen molar-refractivity contribution >= 4 is 11.5 Å². The minimum Gasteiger partial charge on any atom is -0.308 e. The van der Waals surface area contributed by atoms with E-state index >= 15 is 0 Å². The third-order valence-electron chi connectivity index (χ3n) is 3.07. The second-order valence-electron chi connectivity index (χ2n) is 4.63. The van der Waals surface area contributed by atoms with Crippen LogP contribution in [0.4, 0.5) is 0 Å². The van der Waals surface area contributed by atoms with E-state index in [0.29, 0.717) is 0 Å². The van der Waals surface area contributed by atoms with Gasteiger partial charge in [-0.1, -0.05) is 11.4 Å². The summed E-state index contributed by atoms with van der Waals surface area (Å²) in [5.41, 5.74) is 3.35. The summed E-state index contributed by atoms with van der Waals surface area (Å²) in [7, 11) is 0. The van der Waals surface area contributed by atoms with Gasteiger partial charge in [0, 0.05) is 24.0 Å². The molecule has 2 rings (SSSR count). The number of nitrogens with one attached hydrogen (secondary N) is 1. The summed E-state index contributed by atoms with van der Waals surface area (Å²) in [6.07, 6.45) is 2.01. The zero-order chi connectivity index (χ0) is 13.7. The van der Waals surface area contributed by atoms with Crippen LogP contribution in [-0.2, 0) is 13.0 Å². The van der Waals surface area contributed by atoms with E-state index in [9.17, 15) is 0 Å². The fourth-order valence-electron chi connectivity index (χ4n) is 2.17. The van der Waals surface area contributed by atoms with Gasteiger partial charge in [-0.05, 0) is 44.4 Å². The average Bonchev–Trinajstić information content (AvgIpc) is 3.03. The topological polar surface area (TPSA) is 55.6 Å². The number of hydrogen-bond acceptors (Lipinski definition) is 5. The van der Waals surface area contributed by atoms with E-state index in [1.54, 1.807) is 0 Å². The molecule has 2 aromatic rings. The fourth-order valence-corrected chi connectivity index (χ4v) is 2.68. The maximum absolute atomic E-state index is 4.50. The maximum Gasteiger partial charge on any atom is 0.0928 e. The standard InChI is InChI=1S/C13H21N5S/c1-4-6-14-12(13-9-19-17-15-13)8-11-7-10(3)16-18(11)5-2/h7,9,12,14H,4-6,8H2,1-3H3. The van der Waals surface area contributed by atoms with Crippen LogP contribution < -0.4 is 5.32 Å². The molecule has 0 aromatic carbocycles. The van der Waals surface area contributed by atoms with Gasteiger partial charge in [0.1, 0.15) is 0 Å². The molecule has 1 unspecified atom stereocenters. The Hall–Kier alpha value is -1.27. The second-order valence-corrected chi connectivity index (χ2v) is 5.24. The Morgan fingerprint density at radius 2 is 2.26 bits per heavy atom. The van der Waals surface area contributed by atoms with Gasteiger partial charge in [0.2, 0.25) is 0 Å². The summed E-state index contributed by atoms with van der Waals surface area (Å²) in [6, 6.07) is 2.38. The van der Waals surface area contributed by atoms with Crippen LogP contribution in [0.5, 0.6) is 0 Å². The lowest BCUT2D eigenvalue weighted by molar-refractivity contribution is 0.493. The number of nitrogens with zero attached hydrogens (tertiary/aromatic N) is 4. The molecule has 0 aliphatic rings. The molecular weight excluding hydrogens is 258 g/mol. The largest absolute Gasteiger partial charge is 0.308 e. The van der Waals surface area contributed by atoms with Crippen molar-refractivity contribution in [3.05, 3.63) is 28.5 Å². The molecule has 5 nitrogen and oxygen atoms in total. The quantitative estimate of drug-likeness (QED) is 0.845. The molecule has 104 valence electrons. The molecule has 2 aromatic heterocycles. The molecule has 1 N–H and O–H groups in total. The van der Waals surface area contributed by atoms with Crippen LogP contribution in [0.2, 0.25) is 0 Å². The summed E-state index contributed by atoms with van der Waals surface area (Å²) < 4.78 is 6.04. The highest BCUT2D eigenvalue weighted by atomic mass is 32.1. The molecular formula is C13H21N5S. The lowest BCUT2D eigenvalue weighted by Crippen LogP contribution is -2.25. The highest BCUT2D eigenvalue weighted by Crippen LogP contribution is 2.18. The molecule has 0 fully saturated rings. The van der Waals surface area contributed by atoms with Gasteiger partial charge in [-0.15, -0.1) is 5.10 Å². The number of rotatable bonds is 7. The van der Waals surface area contributed by atoms with Crippen LogP contribution in [0.3, 0.4) is 0 Å². The molecule has 1 atom stereocenters. The summed E-state index contributed by atoms with van der Waals surface area (Å²) in [5.74, 6) is 0. The molecule has 0 aliphatic heterocycles. The average molecular weight is 279 g/mol. The first-order valence-electron chi connectivity index (χ1n) is 6.78. The van der Waals surface area contributed by atoms with E-state index in [1.807, 2.05) is 12.3 Å². The van der Waals surface area contributed by atoms with Gasteiger partial charge in [-0.25, -0.2) is 0 Å². The van der Waals surface area contributed by atoms with Crippen LogP contribution in [0, 0.1) is 6.92 Å². The van der Waals surface area contributed by atoms with E-state index in [2.05, 4.69) is 44.6 Å². The van der Waals surface area contributed by atoms with Gasteiger partial charge in [0.05, 0.1) is 17.4 Å². The molecule has 2 heterocycles. The SMILES string of the molecule is CCCNC(Cc1cc(C)nn1CC)c1csnn1. The normalized spacial score (nSPS) is 12.8. The Kier molecular flexibility index (Phi) is 5.04. The van der Waals surface area contributed by atoms with Crippen molar-refractivity contribution < 1.29 is 0 Å². The summed E-state index contributed by atoms with van der Waals surface area (Å²) in [5, 5.41) is 14.3. The Balaban J connectivity index is 2.15. The fraction of sp³-hybridized carbons (Fsp3) is 0.615. The van der Waals surface area contributed by atoms with Crippen LogP contribution in [0.25, 0.3) is 0 Å². The van der Waals surface area contributed by atoms with Crippen LogP contribution in [0.15, 0.2) is 11.4 Å². The lowest BCUT2D eigenvalue weighted by Gasteiger charge is -2.16. The Bertz CT molecular complexity index is 491. The van der Waals surface area contributed by atoms with Crippen LogP contribution >= 0.6 is 11.5 Å². The Labute approximate surface area is 118 Å². The van der Waals surface area contributed by atoms with Crippen LogP contribution in [0.1, 0.15) is 43.4 Å². The van der Waals surface area contributed by atoms with Gasteiger partial charge in [0.25, 0.3) is 0 Å². The number of aryl methyl sites for hydroxylation is 2.